The molecular formula is C28H35N9. The van der Waals surface area contributed by atoms with Crippen molar-refractivity contribution in [3.05, 3.63) is 60.0 Å². The molecule has 2 aliphatic rings. The third kappa shape index (κ3) is 4.89. The second-order valence-electron chi connectivity index (χ2n) is 10.4. The van der Waals surface area contributed by atoms with E-state index in [0.29, 0.717) is 12.0 Å². The molecule has 1 saturated heterocycles. The Balaban J connectivity index is 1.16. The van der Waals surface area contributed by atoms with Gasteiger partial charge in [0.05, 0.1) is 23.6 Å². The Morgan fingerprint density at radius 3 is 2.59 bits per heavy atom. The lowest BCUT2D eigenvalue weighted by Crippen LogP contribution is -2.42. The zero-order valence-corrected chi connectivity index (χ0v) is 21.9. The van der Waals surface area contributed by atoms with Gasteiger partial charge in [0, 0.05) is 49.2 Å². The summed E-state index contributed by atoms with van der Waals surface area (Å²) in [6.45, 7) is 4.19. The number of anilines is 2. The molecule has 4 aromatic rings. The first kappa shape index (κ1) is 23.8. The van der Waals surface area contributed by atoms with E-state index in [1.165, 1.54) is 12.8 Å². The molecule has 1 fully saturated rings. The summed E-state index contributed by atoms with van der Waals surface area (Å²) in [5.41, 5.74) is 6.57. The van der Waals surface area contributed by atoms with Crippen LogP contribution in [0.15, 0.2) is 48.8 Å². The first-order valence-electron chi connectivity index (χ1n) is 13.2. The van der Waals surface area contributed by atoms with E-state index in [2.05, 4.69) is 58.5 Å². The van der Waals surface area contributed by atoms with Crippen molar-refractivity contribution < 1.29 is 0 Å². The van der Waals surface area contributed by atoms with Crippen LogP contribution >= 0.6 is 0 Å². The molecule has 0 atom stereocenters. The maximum Gasteiger partial charge on any atom is 0.228 e. The second kappa shape index (κ2) is 10.1. The highest BCUT2D eigenvalue weighted by Gasteiger charge is 2.27. The molecule has 4 heterocycles. The number of rotatable bonds is 7. The van der Waals surface area contributed by atoms with Crippen LogP contribution < -0.4 is 5.32 Å². The number of hydrogen-bond donors (Lipinski definition) is 1. The third-order valence-corrected chi connectivity index (χ3v) is 7.71. The van der Waals surface area contributed by atoms with Crippen LogP contribution in [0.1, 0.15) is 24.1 Å². The van der Waals surface area contributed by atoms with Crippen LogP contribution in [-0.2, 0) is 26.4 Å². The summed E-state index contributed by atoms with van der Waals surface area (Å²) >= 11 is 0. The number of likely N-dealkylation sites (tertiary alicyclic amines) is 1. The Labute approximate surface area is 218 Å². The van der Waals surface area contributed by atoms with E-state index in [1.54, 1.807) is 0 Å². The lowest BCUT2D eigenvalue weighted by molar-refractivity contribution is 0.140. The minimum atomic E-state index is 0.561. The Morgan fingerprint density at radius 2 is 1.81 bits per heavy atom. The summed E-state index contributed by atoms with van der Waals surface area (Å²) in [5, 5.41) is 12.9. The molecule has 0 unspecified atom stereocenters. The maximum absolute atomic E-state index is 4.96. The van der Waals surface area contributed by atoms with Gasteiger partial charge >= 0.3 is 0 Å². The molecule has 3 aromatic heterocycles. The van der Waals surface area contributed by atoms with Gasteiger partial charge in [0.1, 0.15) is 0 Å². The van der Waals surface area contributed by atoms with Crippen LogP contribution in [0.2, 0.25) is 0 Å². The Hall–Kier alpha value is -3.56. The van der Waals surface area contributed by atoms with Gasteiger partial charge in [-0.25, -0.2) is 9.97 Å². The third-order valence-electron chi connectivity index (χ3n) is 7.71. The average molecular weight is 498 g/mol. The molecule has 6 rings (SSSR count). The summed E-state index contributed by atoms with van der Waals surface area (Å²) in [4.78, 5) is 14.5. The standard InChI is InChI=1S/C28H35N9/c1-34(2)22-11-14-36(15-12-22)17-18-37-16-13-24(33-37)30-28-29-19-21-9-10-23-25(26(21)31-28)27(35(3)32-23)20-7-5-4-6-8-20/h4-8,13,16,19,22H,9-12,14-15,17-18H2,1-3H3,(H,29,30,31,33). The summed E-state index contributed by atoms with van der Waals surface area (Å²) < 4.78 is 3.99. The van der Waals surface area contributed by atoms with E-state index < -0.39 is 0 Å². The molecule has 1 aliphatic carbocycles. The van der Waals surface area contributed by atoms with E-state index >= 15 is 0 Å². The van der Waals surface area contributed by atoms with Crippen molar-refractivity contribution in [3.8, 4) is 22.5 Å². The van der Waals surface area contributed by atoms with Crippen LogP contribution in [0, 0.1) is 0 Å². The molecular weight excluding hydrogens is 462 g/mol. The summed E-state index contributed by atoms with van der Waals surface area (Å²) in [6.07, 6.45) is 8.24. The van der Waals surface area contributed by atoms with Crippen LogP contribution in [0.25, 0.3) is 22.5 Å². The maximum atomic E-state index is 4.96. The van der Waals surface area contributed by atoms with E-state index in [9.17, 15) is 0 Å². The fourth-order valence-corrected chi connectivity index (χ4v) is 5.62. The lowest BCUT2D eigenvalue weighted by atomic mass is 9.91. The van der Waals surface area contributed by atoms with Crippen molar-refractivity contribution >= 4 is 11.8 Å². The summed E-state index contributed by atoms with van der Waals surface area (Å²) in [7, 11) is 6.38. The molecule has 1 aromatic carbocycles. The predicted molar refractivity (Wildman–Crippen MR) is 146 cm³/mol. The largest absolute Gasteiger partial charge is 0.307 e. The minimum absolute atomic E-state index is 0.561. The van der Waals surface area contributed by atoms with Crippen molar-refractivity contribution in [2.45, 2.75) is 38.3 Å². The van der Waals surface area contributed by atoms with Gasteiger partial charge in [-0.15, -0.1) is 0 Å². The Morgan fingerprint density at radius 1 is 1.00 bits per heavy atom. The molecule has 1 aliphatic heterocycles. The molecule has 0 bridgehead atoms. The highest BCUT2D eigenvalue weighted by atomic mass is 15.3. The monoisotopic (exact) mass is 497 g/mol. The van der Waals surface area contributed by atoms with Gasteiger partial charge in [-0.05, 0) is 58.4 Å². The van der Waals surface area contributed by atoms with Crippen LogP contribution in [-0.4, -0.2) is 79.1 Å². The normalized spacial score (nSPS) is 16.1. The van der Waals surface area contributed by atoms with Crippen molar-refractivity contribution in [3.63, 3.8) is 0 Å². The van der Waals surface area contributed by atoms with Crippen molar-refractivity contribution in [1.82, 2.24) is 39.3 Å². The smallest absolute Gasteiger partial charge is 0.228 e. The minimum Gasteiger partial charge on any atom is -0.307 e. The van der Waals surface area contributed by atoms with Crippen LogP contribution in [0.4, 0.5) is 11.8 Å². The number of benzene rings is 1. The molecule has 9 heteroatoms. The van der Waals surface area contributed by atoms with Crippen molar-refractivity contribution in [2.75, 3.05) is 39.0 Å². The topological polar surface area (TPSA) is 79.9 Å². The Kier molecular flexibility index (Phi) is 6.48. The number of nitrogens with zero attached hydrogens (tertiary/aromatic N) is 8. The number of hydrogen-bond acceptors (Lipinski definition) is 7. The second-order valence-corrected chi connectivity index (χ2v) is 10.4. The summed E-state index contributed by atoms with van der Waals surface area (Å²) in [6, 6.07) is 13.1. The number of aromatic nitrogens is 6. The molecule has 192 valence electrons. The highest BCUT2D eigenvalue weighted by molar-refractivity contribution is 5.84. The molecule has 9 nitrogen and oxygen atoms in total. The lowest BCUT2D eigenvalue weighted by Gasteiger charge is -2.35. The van der Waals surface area contributed by atoms with E-state index in [-0.39, 0.29) is 0 Å². The number of aryl methyl sites for hydroxylation is 3. The van der Waals surface area contributed by atoms with Gasteiger partial charge in [-0.1, -0.05) is 30.3 Å². The van der Waals surface area contributed by atoms with Crippen LogP contribution in [0.3, 0.4) is 0 Å². The zero-order chi connectivity index (χ0) is 25.4. The van der Waals surface area contributed by atoms with Gasteiger partial charge in [-0.3, -0.25) is 9.36 Å². The molecule has 0 amide bonds. The van der Waals surface area contributed by atoms with Crippen LogP contribution in [0.5, 0.6) is 0 Å². The predicted octanol–water partition coefficient (Wildman–Crippen LogP) is 3.61. The number of fused-ring (bicyclic) bond motifs is 3. The van der Waals surface area contributed by atoms with Gasteiger partial charge in [0.15, 0.2) is 5.82 Å². The van der Waals surface area contributed by atoms with E-state index in [4.69, 9.17) is 15.2 Å². The van der Waals surface area contributed by atoms with Crippen molar-refractivity contribution in [2.24, 2.45) is 7.05 Å². The first-order valence-corrected chi connectivity index (χ1v) is 13.2. The average Bonchev–Trinajstić information content (AvgIpc) is 3.51. The van der Waals surface area contributed by atoms with Gasteiger partial charge < -0.3 is 15.1 Å². The molecule has 0 saturated carbocycles. The van der Waals surface area contributed by atoms with Gasteiger partial charge in [0.2, 0.25) is 5.95 Å². The highest BCUT2D eigenvalue weighted by Crippen LogP contribution is 2.39. The number of piperidine rings is 1. The summed E-state index contributed by atoms with van der Waals surface area (Å²) in [5.74, 6) is 1.32. The fourth-order valence-electron chi connectivity index (χ4n) is 5.62. The van der Waals surface area contributed by atoms with E-state index in [0.717, 1.165) is 78.6 Å². The zero-order valence-electron chi connectivity index (χ0n) is 21.9. The Bertz CT molecular complexity index is 1360. The molecule has 37 heavy (non-hydrogen) atoms. The first-order chi connectivity index (χ1) is 18.0. The van der Waals surface area contributed by atoms with E-state index in [1.807, 2.05) is 40.9 Å². The fraction of sp³-hybridized carbons (Fsp3) is 0.429. The van der Waals surface area contributed by atoms with Crippen molar-refractivity contribution in [1.29, 1.82) is 0 Å². The number of nitrogens with one attached hydrogen (secondary N) is 1. The molecule has 1 N–H and O–H groups in total. The quantitative estimate of drug-likeness (QED) is 0.418. The molecule has 0 radical (unpaired) electrons. The van der Waals surface area contributed by atoms with Gasteiger partial charge in [-0.2, -0.15) is 10.2 Å². The molecule has 0 spiro atoms. The SMILES string of the molecule is CN(C)C1CCN(CCn2ccc(Nc3ncc4c(n3)-c3c(nn(C)c3-c3ccccc3)CC4)n2)CC1. The van der Waals surface area contributed by atoms with Gasteiger partial charge in [0.25, 0.3) is 0 Å².